The Labute approximate surface area is 132 Å². The highest BCUT2D eigenvalue weighted by atomic mass is 16.5. The van der Waals surface area contributed by atoms with E-state index >= 15 is 0 Å². The Balaban J connectivity index is 2.01. The van der Waals surface area contributed by atoms with Gasteiger partial charge in [-0.25, -0.2) is 4.79 Å². The highest BCUT2D eigenvalue weighted by Crippen LogP contribution is 2.42. The van der Waals surface area contributed by atoms with E-state index in [0.29, 0.717) is 18.2 Å². The van der Waals surface area contributed by atoms with Crippen molar-refractivity contribution in [2.24, 2.45) is 17.6 Å². The zero-order chi connectivity index (χ0) is 15.5. The Morgan fingerprint density at radius 3 is 2.68 bits per heavy atom. The van der Waals surface area contributed by atoms with Gasteiger partial charge in [-0.1, -0.05) is 43.5 Å². The summed E-state index contributed by atoms with van der Waals surface area (Å²) in [5, 5.41) is 0. The first-order valence-corrected chi connectivity index (χ1v) is 8.47. The third-order valence-electron chi connectivity index (χ3n) is 5.12. The molecule has 2 aliphatic carbocycles. The van der Waals surface area contributed by atoms with Crippen molar-refractivity contribution in [1.82, 2.24) is 0 Å². The molecule has 0 bridgehead atoms. The van der Waals surface area contributed by atoms with E-state index in [1.54, 1.807) is 0 Å². The molecule has 22 heavy (non-hydrogen) atoms. The van der Waals surface area contributed by atoms with E-state index in [1.165, 1.54) is 37.7 Å². The summed E-state index contributed by atoms with van der Waals surface area (Å²) >= 11 is 0. The third kappa shape index (κ3) is 2.77. The highest BCUT2D eigenvalue weighted by Gasteiger charge is 2.36. The minimum absolute atomic E-state index is 0.217. The van der Waals surface area contributed by atoms with Crippen LogP contribution in [0.1, 0.15) is 50.2 Å². The van der Waals surface area contributed by atoms with E-state index in [0.717, 1.165) is 17.6 Å². The Bertz CT molecular complexity index is 585. The van der Waals surface area contributed by atoms with Crippen LogP contribution >= 0.6 is 0 Å². The molecule has 0 spiro atoms. The first-order chi connectivity index (χ1) is 10.7. The Morgan fingerprint density at radius 2 is 1.95 bits per heavy atom. The molecule has 0 saturated heterocycles. The summed E-state index contributed by atoms with van der Waals surface area (Å²) in [4.78, 5) is 12.5. The normalized spacial score (nSPS) is 22.3. The van der Waals surface area contributed by atoms with Crippen molar-refractivity contribution in [2.75, 3.05) is 6.61 Å². The van der Waals surface area contributed by atoms with Crippen LogP contribution in [0.5, 0.6) is 0 Å². The van der Waals surface area contributed by atoms with E-state index in [2.05, 4.69) is 12.1 Å². The first kappa shape index (κ1) is 15.1. The Hall–Kier alpha value is -1.77. The lowest BCUT2D eigenvalue weighted by Crippen LogP contribution is -2.32. The molecule has 2 N–H and O–H groups in total. The lowest BCUT2D eigenvalue weighted by Gasteiger charge is -2.35. The van der Waals surface area contributed by atoms with Crippen molar-refractivity contribution in [2.45, 2.75) is 45.4 Å². The predicted molar refractivity (Wildman–Crippen MR) is 88.0 cm³/mol. The number of esters is 1. The first-order valence-electron chi connectivity index (χ1n) is 8.47. The minimum atomic E-state index is -0.218. The summed E-state index contributed by atoms with van der Waals surface area (Å²) in [6.45, 7) is 2.25. The summed E-state index contributed by atoms with van der Waals surface area (Å²) < 4.78 is 5.31. The quantitative estimate of drug-likeness (QED) is 0.866. The lowest BCUT2D eigenvalue weighted by atomic mass is 9.70. The summed E-state index contributed by atoms with van der Waals surface area (Å²) in [7, 11) is 0. The largest absolute Gasteiger partial charge is 0.463 e. The van der Waals surface area contributed by atoms with Crippen LogP contribution in [0.4, 0.5) is 0 Å². The van der Waals surface area contributed by atoms with Crippen molar-refractivity contribution in [3.63, 3.8) is 0 Å². The summed E-state index contributed by atoms with van der Waals surface area (Å²) in [6, 6.07) is 8.19. The van der Waals surface area contributed by atoms with Crippen molar-refractivity contribution < 1.29 is 9.53 Å². The second kappa shape index (κ2) is 6.55. The van der Waals surface area contributed by atoms with Crippen molar-refractivity contribution in [3.8, 4) is 0 Å². The topological polar surface area (TPSA) is 52.3 Å². The zero-order valence-corrected chi connectivity index (χ0v) is 13.3. The number of nitrogens with two attached hydrogens (primary N) is 1. The van der Waals surface area contributed by atoms with Crippen molar-refractivity contribution in [3.05, 3.63) is 41.0 Å². The van der Waals surface area contributed by atoms with E-state index in [9.17, 15) is 4.79 Å². The molecule has 3 rings (SSSR count). The second-order valence-electron chi connectivity index (χ2n) is 6.41. The SMILES string of the molecule is CCOC(=O)C1=C(N)c2ccccc2CC1C1CCCCC1. The van der Waals surface area contributed by atoms with Gasteiger partial charge in [-0.15, -0.1) is 0 Å². The van der Waals surface area contributed by atoms with Gasteiger partial charge in [0.2, 0.25) is 0 Å². The van der Waals surface area contributed by atoms with Gasteiger partial charge in [0.15, 0.2) is 0 Å². The number of benzene rings is 1. The maximum absolute atomic E-state index is 12.5. The van der Waals surface area contributed by atoms with E-state index in [-0.39, 0.29) is 11.9 Å². The average Bonchev–Trinajstić information content (AvgIpc) is 2.55. The summed E-state index contributed by atoms with van der Waals surface area (Å²) in [5.74, 6) is 0.555. The highest BCUT2D eigenvalue weighted by molar-refractivity contribution is 5.98. The van der Waals surface area contributed by atoms with Crippen LogP contribution < -0.4 is 5.73 Å². The maximum atomic E-state index is 12.5. The van der Waals surface area contributed by atoms with E-state index in [1.807, 2.05) is 19.1 Å². The molecule has 1 atom stereocenters. The monoisotopic (exact) mass is 299 g/mol. The molecule has 118 valence electrons. The smallest absolute Gasteiger partial charge is 0.336 e. The van der Waals surface area contributed by atoms with Gasteiger partial charge in [-0.05, 0) is 43.6 Å². The van der Waals surface area contributed by atoms with Crippen LogP contribution in [0.3, 0.4) is 0 Å². The van der Waals surface area contributed by atoms with Crippen LogP contribution in [0.15, 0.2) is 29.8 Å². The standard InChI is InChI=1S/C19H25NO2/c1-2-22-19(21)17-16(13-8-4-3-5-9-13)12-14-10-6-7-11-15(14)18(17)20/h6-7,10-11,13,16H,2-5,8-9,12,20H2,1H3. The van der Waals surface area contributed by atoms with Crippen molar-refractivity contribution >= 4 is 11.7 Å². The number of hydrogen-bond donors (Lipinski definition) is 1. The van der Waals surface area contributed by atoms with E-state index in [4.69, 9.17) is 10.5 Å². The van der Waals surface area contributed by atoms with Gasteiger partial charge in [0.25, 0.3) is 0 Å². The fourth-order valence-corrected chi connectivity index (χ4v) is 4.05. The van der Waals surface area contributed by atoms with Crippen LogP contribution in [-0.4, -0.2) is 12.6 Å². The fraction of sp³-hybridized carbons (Fsp3) is 0.526. The van der Waals surface area contributed by atoms with Crippen LogP contribution in [0.25, 0.3) is 5.70 Å². The number of carbonyl (C=O) groups is 1. The second-order valence-corrected chi connectivity index (χ2v) is 6.41. The van der Waals surface area contributed by atoms with Gasteiger partial charge in [0.05, 0.1) is 12.2 Å². The lowest BCUT2D eigenvalue weighted by molar-refractivity contribution is -0.139. The molecule has 0 heterocycles. The Kier molecular flexibility index (Phi) is 4.51. The zero-order valence-electron chi connectivity index (χ0n) is 13.3. The molecule has 1 aromatic rings. The fourth-order valence-electron chi connectivity index (χ4n) is 4.05. The molecule has 0 radical (unpaired) electrons. The number of rotatable bonds is 3. The minimum Gasteiger partial charge on any atom is -0.463 e. The van der Waals surface area contributed by atoms with E-state index < -0.39 is 0 Å². The molecule has 1 aromatic carbocycles. The molecular weight excluding hydrogens is 274 g/mol. The molecular formula is C19H25NO2. The summed E-state index contributed by atoms with van der Waals surface area (Å²) in [6.07, 6.45) is 7.15. The third-order valence-corrected chi connectivity index (χ3v) is 5.12. The summed E-state index contributed by atoms with van der Waals surface area (Å²) in [5.41, 5.74) is 10.0. The number of carbonyl (C=O) groups excluding carboxylic acids is 1. The van der Waals surface area contributed by atoms with Crippen LogP contribution in [0.2, 0.25) is 0 Å². The van der Waals surface area contributed by atoms with Gasteiger partial charge in [0.1, 0.15) is 0 Å². The van der Waals surface area contributed by atoms with Gasteiger partial charge < -0.3 is 10.5 Å². The number of fused-ring (bicyclic) bond motifs is 1. The van der Waals surface area contributed by atoms with Gasteiger partial charge in [-0.2, -0.15) is 0 Å². The average molecular weight is 299 g/mol. The number of ether oxygens (including phenoxy) is 1. The molecule has 2 aliphatic rings. The molecule has 3 nitrogen and oxygen atoms in total. The molecule has 0 aliphatic heterocycles. The van der Waals surface area contributed by atoms with Crippen LogP contribution in [-0.2, 0) is 16.0 Å². The molecule has 1 unspecified atom stereocenters. The van der Waals surface area contributed by atoms with Gasteiger partial charge in [0, 0.05) is 11.3 Å². The Morgan fingerprint density at radius 1 is 1.23 bits per heavy atom. The van der Waals surface area contributed by atoms with Crippen molar-refractivity contribution in [1.29, 1.82) is 0 Å². The maximum Gasteiger partial charge on any atom is 0.336 e. The molecule has 0 amide bonds. The molecule has 3 heteroatoms. The number of hydrogen-bond acceptors (Lipinski definition) is 3. The van der Waals surface area contributed by atoms with Gasteiger partial charge >= 0.3 is 5.97 Å². The van der Waals surface area contributed by atoms with Crippen LogP contribution in [0, 0.1) is 11.8 Å². The molecule has 1 fully saturated rings. The predicted octanol–water partition coefficient (Wildman–Crippen LogP) is 3.67. The van der Waals surface area contributed by atoms with Gasteiger partial charge in [-0.3, -0.25) is 0 Å². The molecule has 0 aromatic heterocycles. The molecule has 1 saturated carbocycles.